The zero-order valence-electron chi connectivity index (χ0n) is 28.4. The van der Waals surface area contributed by atoms with Crippen molar-refractivity contribution in [3.8, 4) is 5.75 Å². The highest BCUT2D eigenvalue weighted by atomic mass is 16.5. The molecule has 0 unspecified atom stereocenters. The van der Waals surface area contributed by atoms with Crippen molar-refractivity contribution in [3.63, 3.8) is 0 Å². The third-order valence-corrected chi connectivity index (χ3v) is 8.71. The molecule has 1 fully saturated rings. The van der Waals surface area contributed by atoms with Gasteiger partial charge in [0.1, 0.15) is 11.8 Å². The maximum absolute atomic E-state index is 13.9. The van der Waals surface area contributed by atoms with E-state index in [2.05, 4.69) is 16.0 Å². The smallest absolute Gasteiger partial charge is 0.244 e. The number of hydrogen-bond donors (Lipinski definition) is 3. The van der Waals surface area contributed by atoms with Crippen LogP contribution in [-0.2, 0) is 20.8 Å². The van der Waals surface area contributed by atoms with Crippen LogP contribution in [0.1, 0.15) is 67.6 Å². The number of hydrogen-bond acceptors (Lipinski definition) is 6. The van der Waals surface area contributed by atoms with Gasteiger partial charge in [0.05, 0.1) is 25.7 Å². The molecule has 48 heavy (non-hydrogen) atoms. The number of carbonyl (C=O) groups is 4. The molecular weight excluding hydrogens is 604 g/mol. The summed E-state index contributed by atoms with van der Waals surface area (Å²) in [4.78, 5) is 55.6. The van der Waals surface area contributed by atoms with Crippen molar-refractivity contribution < 1.29 is 23.9 Å². The van der Waals surface area contributed by atoms with E-state index in [0.717, 1.165) is 24.0 Å². The van der Waals surface area contributed by atoms with Gasteiger partial charge < -0.3 is 20.7 Å². The predicted octanol–water partition coefficient (Wildman–Crippen LogP) is 5.03. The Hall–Kier alpha value is -4.76. The van der Waals surface area contributed by atoms with Gasteiger partial charge in [0, 0.05) is 24.1 Å². The molecule has 9 nitrogen and oxygen atoms in total. The molecule has 254 valence electrons. The fraction of sp³-hybridized carbons (Fsp3) is 0.385. The van der Waals surface area contributed by atoms with Crippen LogP contribution >= 0.6 is 0 Å². The van der Waals surface area contributed by atoms with Gasteiger partial charge in [-0.3, -0.25) is 24.1 Å². The number of nitrogens with one attached hydrogen (secondary N) is 3. The molecule has 0 aromatic heterocycles. The molecule has 3 aromatic rings. The van der Waals surface area contributed by atoms with E-state index in [1.165, 1.54) is 6.08 Å². The SMILES string of the molecule is COc1cccc(C(=O)CN2CCCC[C@H]2C(=O)N[C@@H](Cc2ccccc2)C(=O)N[C@H](/C=C/C(=O)N[C@H](C)c2ccccc2)C(C)C)c1. The average Bonchev–Trinajstić information content (AvgIpc) is 3.10. The summed E-state index contributed by atoms with van der Waals surface area (Å²) in [7, 11) is 1.56. The molecule has 1 heterocycles. The Morgan fingerprint density at radius 3 is 2.27 bits per heavy atom. The van der Waals surface area contributed by atoms with Gasteiger partial charge in [0.25, 0.3) is 0 Å². The second-order valence-corrected chi connectivity index (χ2v) is 12.7. The van der Waals surface area contributed by atoms with Gasteiger partial charge in [-0.05, 0) is 55.5 Å². The average molecular weight is 653 g/mol. The van der Waals surface area contributed by atoms with Crippen LogP contribution in [0.15, 0.2) is 97.1 Å². The summed E-state index contributed by atoms with van der Waals surface area (Å²) in [6.45, 7) is 6.54. The molecule has 1 aliphatic rings. The van der Waals surface area contributed by atoms with E-state index in [0.29, 0.717) is 24.3 Å². The van der Waals surface area contributed by atoms with Crippen molar-refractivity contribution in [2.24, 2.45) is 5.92 Å². The van der Waals surface area contributed by atoms with Gasteiger partial charge in [-0.1, -0.05) is 99.1 Å². The number of likely N-dealkylation sites (tertiary alicyclic amines) is 1. The topological polar surface area (TPSA) is 117 Å². The van der Waals surface area contributed by atoms with Gasteiger partial charge in [-0.25, -0.2) is 0 Å². The van der Waals surface area contributed by atoms with Crippen LogP contribution in [-0.4, -0.2) is 66.7 Å². The quantitative estimate of drug-likeness (QED) is 0.157. The van der Waals surface area contributed by atoms with Crippen LogP contribution in [0.2, 0.25) is 0 Å². The number of piperidine rings is 1. The van der Waals surface area contributed by atoms with Gasteiger partial charge in [-0.2, -0.15) is 0 Å². The molecule has 4 atom stereocenters. The highest BCUT2D eigenvalue weighted by Gasteiger charge is 2.33. The van der Waals surface area contributed by atoms with Crippen molar-refractivity contribution in [1.29, 1.82) is 0 Å². The van der Waals surface area contributed by atoms with E-state index in [9.17, 15) is 19.2 Å². The van der Waals surface area contributed by atoms with Crippen LogP contribution < -0.4 is 20.7 Å². The monoisotopic (exact) mass is 652 g/mol. The number of nitrogens with zero attached hydrogens (tertiary/aromatic N) is 1. The normalized spacial score (nSPS) is 16.9. The number of rotatable bonds is 15. The molecular formula is C39H48N4O5. The lowest BCUT2D eigenvalue weighted by Gasteiger charge is -2.35. The Morgan fingerprint density at radius 2 is 1.58 bits per heavy atom. The number of benzene rings is 3. The van der Waals surface area contributed by atoms with E-state index >= 15 is 0 Å². The van der Waals surface area contributed by atoms with E-state index in [-0.39, 0.29) is 48.4 Å². The Balaban J connectivity index is 1.45. The molecule has 3 amide bonds. The lowest BCUT2D eigenvalue weighted by Crippen LogP contribution is -2.57. The number of ketones is 1. The van der Waals surface area contributed by atoms with Gasteiger partial charge >= 0.3 is 0 Å². The summed E-state index contributed by atoms with van der Waals surface area (Å²) in [5.41, 5.74) is 2.42. The molecule has 0 bridgehead atoms. The largest absolute Gasteiger partial charge is 0.497 e. The van der Waals surface area contributed by atoms with E-state index in [1.54, 1.807) is 37.5 Å². The molecule has 9 heteroatoms. The number of methoxy groups -OCH3 is 1. The molecule has 4 rings (SSSR count). The third kappa shape index (κ3) is 10.6. The summed E-state index contributed by atoms with van der Waals surface area (Å²) in [5.74, 6) is -0.407. The standard InChI is InChI=1S/C39H48N4O5/c1-27(2)33(21-22-37(45)40-28(3)30-16-9-6-10-17-30)41-38(46)34(24-29-14-7-5-8-15-29)42-39(47)35-20-11-12-23-43(35)26-36(44)31-18-13-19-32(25-31)48-4/h5-10,13-19,21-22,25,27-28,33-35H,11-12,20,23-24,26H2,1-4H3,(H,40,45)(H,41,46)(H,42,47)/b22-21+/t28-,33-,34+,35+/m1/s1. The molecule has 3 aromatic carbocycles. The maximum atomic E-state index is 13.9. The fourth-order valence-corrected chi connectivity index (χ4v) is 5.86. The highest BCUT2D eigenvalue weighted by molar-refractivity contribution is 5.98. The van der Waals surface area contributed by atoms with Crippen LogP contribution in [0.25, 0.3) is 0 Å². The van der Waals surface area contributed by atoms with E-state index in [1.807, 2.05) is 86.3 Å². The van der Waals surface area contributed by atoms with Crippen molar-refractivity contribution in [2.45, 2.75) is 70.6 Å². The zero-order chi connectivity index (χ0) is 34.5. The number of carbonyl (C=O) groups excluding carboxylic acids is 4. The zero-order valence-corrected chi connectivity index (χ0v) is 28.4. The Bertz CT molecular complexity index is 1540. The molecule has 0 radical (unpaired) electrons. The first kappa shape index (κ1) is 36.1. The molecule has 0 aliphatic carbocycles. The first-order chi connectivity index (χ1) is 23.1. The Kier molecular flexibility index (Phi) is 13.5. The first-order valence-electron chi connectivity index (χ1n) is 16.7. The second kappa shape index (κ2) is 18.0. The predicted molar refractivity (Wildman–Crippen MR) is 188 cm³/mol. The molecule has 1 saturated heterocycles. The van der Waals surface area contributed by atoms with Crippen molar-refractivity contribution in [3.05, 3.63) is 114 Å². The van der Waals surface area contributed by atoms with Crippen LogP contribution in [0.4, 0.5) is 0 Å². The molecule has 0 saturated carbocycles. The summed E-state index contributed by atoms with van der Waals surface area (Å²) in [6, 6.07) is 24.2. The first-order valence-corrected chi connectivity index (χ1v) is 16.7. The molecule has 0 spiro atoms. The molecule has 1 aliphatic heterocycles. The Morgan fingerprint density at radius 1 is 0.875 bits per heavy atom. The van der Waals surface area contributed by atoms with Crippen LogP contribution in [0.3, 0.4) is 0 Å². The van der Waals surface area contributed by atoms with Crippen molar-refractivity contribution in [2.75, 3.05) is 20.2 Å². The lowest BCUT2D eigenvalue weighted by molar-refractivity contribution is -0.133. The lowest BCUT2D eigenvalue weighted by atomic mass is 9.98. The molecule has 3 N–H and O–H groups in total. The van der Waals surface area contributed by atoms with Crippen molar-refractivity contribution >= 4 is 23.5 Å². The van der Waals surface area contributed by atoms with Gasteiger partial charge in [-0.15, -0.1) is 0 Å². The van der Waals surface area contributed by atoms with E-state index in [4.69, 9.17) is 4.74 Å². The summed E-state index contributed by atoms with van der Waals surface area (Å²) < 4.78 is 5.28. The van der Waals surface area contributed by atoms with Crippen molar-refractivity contribution in [1.82, 2.24) is 20.9 Å². The maximum Gasteiger partial charge on any atom is 0.244 e. The summed E-state index contributed by atoms with van der Waals surface area (Å²) in [6.07, 6.45) is 5.76. The number of Topliss-reactive ketones (excluding diaryl/α,β-unsaturated/α-hetero) is 1. The number of amides is 3. The minimum Gasteiger partial charge on any atom is -0.497 e. The summed E-state index contributed by atoms with van der Waals surface area (Å²) >= 11 is 0. The minimum absolute atomic E-state index is 0.0194. The van der Waals surface area contributed by atoms with Gasteiger partial charge in [0.15, 0.2) is 5.78 Å². The number of ether oxygens (including phenoxy) is 1. The Labute approximate surface area is 284 Å². The fourth-order valence-electron chi connectivity index (χ4n) is 5.86. The van der Waals surface area contributed by atoms with Gasteiger partial charge in [0.2, 0.25) is 17.7 Å². The van der Waals surface area contributed by atoms with Crippen LogP contribution in [0, 0.1) is 5.92 Å². The summed E-state index contributed by atoms with van der Waals surface area (Å²) in [5, 5.41) is 9.05. The van der Waals surface area contributed by atoms with Crippen LogP contribution in [0.5, 0.6) is 5.75 Å². The highest BCUT2D eigenvalue weighted by Crippen LogP contribution is 2.20. The van der Waals surface area contributed by atoms with E-state index < -0.39 is 18.1 Å². The second-order valence-electron chi connectivity index (χ2n) is 12.7. The minimum atomic E-state index is -0.862. The third-order valence-electron chi connectivity index (χ3n) is 8.71.